The molecule has 1 aromatic carbocycles. The van der Waals surface area contributed by atoms with Gasteiger partial charge in [0.1, 0.15) is 0 Å². The number of hydrogen-bond donors (Lipinski definition) is 4. The monoisotopic (exact) mass is 433 g/mol. The molecule has 0 aromatic heterocycles. The van der Waals surface area contributed by atoms with Gasteiger partial charge in [0, 0.05) is 25.2 Å². The zero-order chi connectivity index (χ0) is 16.5. The van der Waals surface area contributed by atoms with Gasteiger partial charge in [0.25, 0.3) is 5.91 Å². The van der Waals surface area contributed by atoms with Crippen LogP contribution in [-0.4, -0.2) is 37.4 Å². The molecule has 1 aromatic rings. The Morgan fingerprint density at radius 3 is 2.26 bits per heavy atom. The number of hydrogen-bond acceptors (Lipinski definition) is 3. The fourth-order valence-corrected chi connectivity index (χ4v) is 1.70. The third-order valence-corrected chi connectivity index (χ3v) is 2.75. The number of guanidine groups is 1. The first-order valence-electron chi connectivity index (χ1n) is 7.05. The smallest absolute Gasteiger partial charge is 0.251 e. The highest BCUT2D eigenvalue weighted by Gasteiger charge is 2.06. The lowest BCUT2D eigenvalue weighted by Crippen LogP contribution is -2.40. The van der Waals surface area contributed by atoms with E-state index in [0.29, 0.717) is 18.2 Å². The Morgan fingerprint density at radius 2 is 1.78 bits per heavy atom. The van der Waals surface area contributed by atoms with Crippen molar-refractivity contribution in [2.75, 3.05) is 13.6 Å². The van der Waals surface area contributed by atoms with E-state index < -0.39 is 5.91 Å². The van der Waals surface area contributed by atoms with E-state index in [-0.39, 0.29) is 36.4 Å². The number of halogens is 1. The number of nitrogens with one attached hydrogen (secondary N) is 3. The average Bonchev–Trinajstić information content (AvgIpc) is 2.49. The predicted molar refractivity (Wildman–Crippen MR) is 102 cm³/mol. The number of rotatable bonds is 6. The maximum atomic E-state index is 11.7. The highest BCUT2D eigenvalue weighted by molar-refractivity contribution is 14.0. The van der Waals surface area contributed by atoms with Gasteiger partial charge in [0.2, 0.25) is 5.91 Å². The third-order valence-electron chi connectivity index (χ3n) is 2.75. The normalized spacial score (nSPS) is 10.7. The van der Waals surface area contributed by atoms with Crippen LogP contribution in [0.4, 0.5) is 0 Å². The minimum Gasteiger partial charge on any atom is -0.368 e. The van der Waals surface area contributed by atoms with E-state index in [1.54, 1.807) is 19.2 Å². The first-order valence-corrected chi connectivity index (χ1v) is 7.05. The molecule has 2 amide bonds. The SMILES string of the molecule is CN=C(NCc1ccc(C(=O)NCC(N)=O)cc1)NC(C)C.I. The Bertz CT molecular complexity index is 543. The summed E-state index contributed by atoms with van der Waals surface area (Å²) in [6.07, 6.45) is 0. The fourth-order valence-electron chi connectivity index (χ4n) is 1.70. The summed E-state index contributed by atoms with van der Waals surface area (Å²) in [5.41, 5.74) is 6.47. The number of aliphatic imine (C=N–C) groups is 1. The summed E-state index contributed by atoms with van der Waals surface area (Å²) >= 11 is 0. The van der Waals surface area contributed by atoms with Crippen LogP contribution < -0.4 is 21.7 Å². The van der Waals surface area contributed by atoms with Crippen LogP contribution >= 0.6 is 24.0 Å². The number of carbonyl (C=O) groups excluding carboxylic acids is 2. The second-order valence-electron chi connectivity index (χ2n) is 5.07. The number of benzene rings is 1. The second-order valence-corrected chi connectivity index (χ2v) is 5.07. The molecule has 0 saturated carbocycles. The van der Waals surface area contributed by atoms with Crippen LogP contribution in [0.2, 0.25) is 0 Å². The van der Waals surface area contributed by atoms with Crippen LogP contribution in [0.5, 0.6) is 0 Å². The van der Waals surface area contributed by atoms with Gasteiger partial charge in [-0.05, 0) is 31.5 Å². The number of nitrogens with zero attached hydrogens (tertiary/aromatic N) is 1. The van der Waals surface area contributed by atoms with Crippen molar-refractivity contribution < 1.29 is 9.59 Å². The summed E-state index contributed by atoms with van der Waals surface area (Å²) in [4.78, 5) is 26.5. The molecule has 7 nitrogen and oxygen atoms in total. The molecule has 0 radical (unpaired) electrons. The standard InChI is InChI=1S/C15H23N5O2.HI/c1-10(2)20-15(17-3)19-8-11-4-6-12(7-5-11)14(22)18-9-13(16)21;/h4-7,10H,8-9H2,1-3H3,(H2,16,21)(H,18,22)(H2,17,19,20);1H. The molecule has 0 bridgehead atoms. The van der Waals surface area contributed by atoms with Crippen molar-refractivity contribution in [1.29, 1.82) is 0 Å². The van der Waals surface area contributed by atoms with Crippen LogP contribution in [0, 0.1) is 0 Å². The molecule has 5 N–H and O–H groups in total. The summed E-state index contributed by atoms with van der Waals surface area (Å²) in [7, 11) is 1.71. The summed E-state index contributed by atoms with van der Waals surface area (Å²) in [6, 6.07) is 7.38. The second kappa shape index (κ2) is 10.8. The van der Waals surface area contributed by atoms with Crippen molar-refractivity contribution in [3.05, 3.63) is 35.4 Å². The number of amides is 2. The first kappa shape index (κ1) is 21.2. The third kappa shape index (κ3) is 8.38. The molecule has 1 rings (SSSR count). The van der Waals surface area contributed by atoms with Gasteiger partial charge < -0.3 is 21.7 Å². The molecule has 128 valence electrons. The quantitative estimate of drug-likeness (QED) is 0.299. The van der Waals surface area contributed by atoms with E-state index in [1.165, 1.54) is 0 Å². The lowest BCUT2D eigenvalue weighted by molar-refractivity contribution is -0.117. The number of carbonyl (C=O) groups is 2. The summed E-state index contributed by atoms with van der Waals surface area (Å²) in [6.45, 7) is 4.49. The molecule has 0 aliphatic rings. The zero-order valence-corrected chi connectivity index (χ0v) is 15.9. The Labute approximate surface area is 153 Å². The highest BCUT2D eigenvalue weighted by atomic mass is 127. The van der Waals surface area contributed by atoms with Crippen molar-refractivity contribution in [3.8, 4) is 0 Å². The average molecular weight is 433 g/mol. The van der Waals surface area contributed by atoms with Gasteiger partial charge in [-0.3, -0.25) is 14.6 Å². The van der Waals surface area contributed by atoms with Crippen molar-refractivity contribution in [1.82, 2.24) is 16.0 Å². The van der Waals surface area contributed by atoms with E-state index in [1.807, 2.05) is 26.0 Å². The maximum Gasteiger partial charge on any atom is 0.251 e. The Balaban J connectivity index is 0.00000484. The molecule has 0 aliphatic carbocycles. The van der Waals surface area contributed by atoms with Crippen LogP contribution in [0.15, 0.2) is 29.3 Å². The Hall–Kier alpha value is -1.84. The van der Waals surface area contributed by atoms with Crippen LogP contribution in [0.1, 0.15) is 29.8 Å². The van der Waals surface area contributed by atoms with Crippen LogP contribution in [-0.2, 0) is 11.3 Å². The van der Waals surface area contributed by atoms with Crippen molar-refractivity contribution >= 4 is 41.8 Å². The van der Waals surface area contributed by atoms with Gasteiger partial charge in [-0.2, -0.15) is 0 Å². The van der Waals surface area contributed by atoms with E-state index in [9.17, 15) is 9.59 Å². The summed E-state index contributed by atoms with van der Waals surface area (Å²) < 4.78 is 0. The molecule has 8 heteroatoms. The fraction of sp³-hybridized carbons (Fsp3) is 0.400. The maximum absolute atomic E-state index is 11.7. The van der Waals surface area contributed by atoms with Gasteiger partial charge in [-0.25, -0.2) is 0 Å². The van der Waals surface area contributed by atoms with Crippen LogP contribution in [0.3, 0.4) is 0 Å². The molecule has 0 unspecified atom stereocenters. The molecular formula is C15H24IN5O2. The van der Waals surface area contributed by atoms with Gasteiger partial charge in [0.15, 0.2) is 5.96 Å². The van der Waals surface area contributed by atoms with Crippen molar-refractivity contribution in [2.45, 2.75) is 26.4 Å². The van der Waals surface area contributed by atoms with Crippen LogP contribution in [0.25, 0.3) is 0 Å². The molecule has 0 fully saturated rings. The first-order chi connectivity index (χ1) is 10.4. The largest absolute Gasteiger partial charge is 0.368 e. The lowest BCUT2D eigenvalue weighted by atomic mass is 10.1. The zero-order valence-electron chi connectivity index (χ0n) is 13.6. The van der Waals surface area contributed by atoms with E-state index in [2.05, 4.69) is 20.9 Å². The Morgan fingerprint density at radius 1 is 1.17 bits per heavy atom. The molecule has 23 heavy (non-hydrogen) atoms. The minimum atomic E-state index is -0.571. The summed E-state index contributed by atoms with van der Waals surface area (Å²) in [5.74, 6) is -0.174. The lowest BCUT2D eigenvalue weighted by Gasteiger charge is -2.14. The van der Waals surface area contributed by atoms with Crippen molar-refractivity contribution in [2.24, 2.45) is 10.7 Å². The molecule has 0 heterocycles. The minimum absolute atomic E-state index is 0. The van der Waals surface area contributed by atoms with Gasteiger partial charge >= 0.3 is 0 Å². The summed E-state index contributed by atoms with van der Waals surface area (Å²) in [5, 5.41) is 8.81. The highest BCUT2D eigenvalue weighted by Crippen LogP contribution is 2.04. The molecule has 0 aliphatic heterocycles. The number of nitrogens with two attached hydrogens (primary N) is 1. The van der Waals surface area contributed by atoms with Gasteiger partial charge in [-0.1, -0.05) is 12.1 Å². The topological polar surface area (TPSA) is 109 Å². The van der Waals surface area contributed by atoms with E-state index >= 15 is 0 Å². The van der Waals surface area contributed by atoms with Gasteiger partial charge in [0.05, 0.1) is 6.54 Å². The predicted octanol–water partition coefficient (Wildman–Crippen LogP) is 0.593. The van der Waals surface area contributed by atoms with E-state index in [4.69, 9.17) is 5.73 Å². The molecule has 0 atom stereocenters. The molecule has 0 spiro atoms. The Kier molecular flexibility index (Phi) is 9.95. The van der Waals surface area contributed by atoms with Crippen molar-refractivity contribution in [3.63, 3.8) is 0 Å². The molecule has 0 saturated heterocycles. The van der Waals surface area contributed by atoms with Gasteiger partial charge in [-0.15, -0.1) is 24.0 Å². The molecular weight excluding hydrogens is 409 g/mol. The number of primary amides is 1. The van der Waals surface area contributed by atoms with E-state index in [0.717, 1.165) is 11.5 Å².